The van der Waals surface area contributed by atoms with Crippen LogP contribution in [0.1, 0.15) is 32.3 Å². The zero-order chi connectivity index (χ0) is 18.8. The van der Waals surface area contributed by atoms with Crippen LogP contribution < -0.4 is 16.2 Å². The Morgan fingerprint density at radius 2 is 1.80 bits per heavy atom. The molecule has 7 heteroatoms. The summed E-state index contributed by atoms with van der Waals surface area (Å²) in [5, 5.41) is -0.0301. The van der Waals surface area contributed by atoms with Crippen LogP contribution in [0.2, 0.25) is 5.02 Å². The summed E-state index contributed by atoms with van der Waals surface area (Å²) in [6.45, 7) is 5.36. The minimum atomic E-state index is -0.863. The van der Waals surface area contributed by atoms with Crippen molar-refractivity contribution >= 4 is 23.4 Å². The van der Waals surface area contributed by atoms with Crippen molar-refractivity contribution in [3.8, 4) is 11.5 Å². The van der Waals surface area contributed by atoms with Crippen molar-refractivity contribution in [1.82, 2.24) is 0 Å². The number of primary amides is 1. The van der Waals surface area contributed by atoms with Crippen LogP contribution in [0.4, 0.5) is 14.9 Å². The van der Waals surface area contributed by atoms with Gasteiger partial charge in [0.15, 0.2) is 0 Å². The number of anilines is 1. The Kier molecular flexibility index (Phi) is 5.42. The SMILES string of the molecule is CC(c1cc(Oc2ccc(F)c(Cl)c2)ccc1N)C(C)(C)OC(N)=O. The highest BCUT2D eigenvalue weighted by Gasteiger charge is 2.32. The summed E-state index contributed by atoms with van der Waals surface area (Å²) >= 11 is 5.76. The summed E-state index contributed by atoms with van der Waals surface area (Å²) in [5.74, 6) is 0.113. The van der Waals surface area contributed by atoms with Gasteiger partial charge in [-0.15, -0.1) is 0 Å². The highest BCUT2D eigenvalue weighted by atomic mass is 35.5. The lowest BCUT2D eigenvalue weighted by molar-refractivity contribution is 0.0283. The van der Waals surface area contributed by atoms with Crippen molar-refractivity contribution in [2.75, 3.05) is 5.73 Å². The van der Waals surface area contributed by atoms with Crippen LogP contribution >= 0.6 is 11.6 Å². The number of rotatable bonds is 5. The van der Waals surface area contributed by atoms with Crippen molar-refractivity contribution in [2.45, 2.75) is 32.3 Å². The molecule has 2 aromatic rings. The first-order chi connectivity index (χ1) is 11.6. The van der Waals surface area contributed by atoms with E-state index in [1.165, 1.54) is 18.2 Å². The average Bonchev–Trinajstić information content (AvgIpc) is 2.51. The third kappa shape index (κ3) is 4.54. The highest BCUT2D eigenvalue weighted by Crippen LogP contribution is 2.37. The Hall–Kier alpha value is -2.47. The van der Waals surface area contributed by atoms with Gasteiger partial charge in [0.25, 0.3) is 0 Å². The topological polar surface area (TPSA) is 87.6 Å². The molecule has 0 aromatic heterocycles. The lowest BCUT2D eigenvalue weighted by Gasteiger charge is -2.32. The van der Waals surface area contributed by atoms with Gasteiger partial charge in [-0.05, 0) is 49.7 Å². The molecule has 2 aromatic carbocycles. The van der Waals surface area contributed by atoms with Gasteiger partial charge in [-0.1, -0.05) is 18.5 Å². The third-order valence-corrected chi connectivity index (χ3v) is 4.35. The van der Waals surface area contributed by atoms with Crippen LogP contribution in [0, 0.1) is 5.82 Å². The molecule has 0 aliphatic rings. The largest absolute Gasteiger partial charge is 0.457 e. The number of nitrogens with two attached hydrogens (primary N) is 2. The normalized spacial score (nSPS) is 12.5. The molecule has 1 atom stereocenters. The Morgan fingerprint density at radius 1 is 1.20 bits per heavy atom. The number of hydrogen-bond donors (Lipinski definition) is 2. The molecule has 0 aliphatic heterocycles. The maximum atomic E-state index is 13.2. The van der Waals surface area contributed by atoms with E-state index in [9.17, 15) is 9.18 Å². The van der Waals surface area contributed by atoms with E-state index in [1.807, 2.05) is 6.92 Å². The van der Waals surface area contributed by atoms with Gasteiger partial charge in [-0.2, -0.15) is 0 Å². The molecule has 0 spiro atoms. The van der Waals surface area contributed by atoms with Gasteiger partial charge in [0.2, 0.25) is 0 Å². The smallest absolute Gasteiger partial charge is 0.405 e. The first kappa shape index (κ1) is 18.9. The van der Waals surface area contributed by atoms with Crippen LogP contribution in [-0.4, -0.2) is 11.7 Å². The van der Waals surface area contributed by atoms with Crippen LogP contribution in [0.5, 0.6) is 11.5 Å². The molecular weight excluding hydrogens is 347 g/mol. The van der Waals surface area contributed by atoms with Gasteiger partial charge in [0.05, 0.1) is 5.02 Å². The summed E-state index contributed by atoms with van der Waals surface area (Å²) in [5.41, 5.74) is 11.6. The molecule has 0 saturated heterocycles. The summed E-state index contributed by atoms with van der Waals surface area (Å²) in [7, 11) is 0. The minimum Gasteiger partial charge on any atom is -0.457 e. The number of ether oxygens (including phenoxy) is 2. The Labute approximate surface area is 150 Å². The molecule has 0 saturated carbocycles. The van der Waals surface area contributed by atoms with Gasteiger partial charge in [-0.3, -0.25) is 0 Å². The zero-order valence-corrected chi connectivity index (χ0v) is 14.9. The van der Waals surface area contributed by atoms with E-state index < -0.39 is 17.5 Å². The van der Waals surface area contributed by atoms with Crippen molar-refractivity contribution in [3.05, 3.63) is 52.8 Å². The van der Waals surface area contributed by atoms with Gasteiger partial charge in [0.1, 0.15) is 22.9 Å². The monoisotopic (exact) mass is 366 g/mol. The number of carbonyl (C=O) groups is 1. The van der Waals surface area contributed by atoms with E-state index >= 15 is 0 Å². The fourth-order valence-electron chi connectivity index (χ4n) is 2.39. The number of amides is 1. The van der Waals surface area contributed by atoms with E-state index in [2.05, 4.69) is 0 Å². The Bertz CT molecular complexity index is 796. The van der Waals surface area contributed by atoms with Crippen LogP contribution in [0.25, 0.3) is 0 Å². The quantitative estimate of drug-likeness (QED) is 0.742. The molecule has 25 heavy (non-hydrogen) atoms. The number of nitrogen functional groups attached to an aromatic ring is 1. The van der Waals surface area contributed by atoms with Crippen LogP contribution in [-0.2, 0) is 4.74 Å². The maximum Gasteiger partial charge on any atom is 0.405 e. The lowest BCUT2D eigenvalue weighted by atomic mass is 9.85. The van der Waals surface area contributed by atoms with E-state index in [0.29, 0.717) is 17.2 Å². The van der Waals surface area contributed by atoms with E-state index in [4.69, 9.17) is 32.5 Å². The summed E-state index contributed by atoms with van der Waals surface area (Å²) in [6, 6.07) is 9.19. The average molecular weight is 367 g/mol. The molecule has 0 fully saturated rings. The summed E-state index contributed by atoms with van der Waals surface area (Å²) in [4.78, 5) is 11.1. The Balaban J connectivity index is 2.30. The molecular formula is C18H20ClFN2O3. The predicted molar refractivity (Wildman–Crippen MR) is 95.5 cm³/mol. The predicted octanol–water partition coefficient (Wildman–Crippen LogP) is 4.83. The molecule has 2 rings (SSSR count). The van der Waals surface area contributed by atoms with Crippen LogP contribution in [0.3, 0.4) is 0 Å². The highest BCUT2D eigenvalue weighted by molar-refractivity contribution is 6.30. The summed E-state index contributed by atoms with van der Waals surface area (Å²) in [6.07, 6.45) is -0.858. The third-order valence-electron chi connectivity index (χ3n) is 4.06. The number of benzene rings is 2. The van der Waals surface area contributed by atoms with Crippen molar-refractivity contribution in [2.24, 2.45) is 5.73 Å². The fraction of sp³-hybridized carbons (Fsp3) is 0.278. The molecule has 0 aliphatic carbocycles. The van der Waals surface area contributed by atoms with Crippen LogP contribution in [0.15, 0.2) is 36.4 Å². The molecule has 1 unspecified atom stereocenters. The Morgan fingerprint density at radius 3 is 2.40 bits per heavy atom. The number of hydrogen-bond acceptors (Lipinski definition) is 4. The number of halogens is 2. The van der Waals surface area contributed by atoms with Gasteiger partial charge in [0, 0.05) is 17.7 Å². The lowest BCUT2D eigenvalue weighted by Crippen LogP contribution is -2.36. The molecule has 5 nitrogen and oxygen atoms in total. The second-order valence-corrected chi connectivity index (χ2v) is 6.62. The van der Waals surface area contributed by atoms with Gasteiger partial charge in [-0.25, -0.2) is 9.18 Å². The molecule has 0 bridgehead atoms. The molecule has 0 heterocycles. The van der Waals surface area contributed by atoms with E-state index in [1.54, 1.807) is 32.0 Å². The first-order valence-corrected chi connectivity index (χ1v) is 7.98. The van der Waals surface area contributed by atoms with Crippen molar-refractivity contribution in [1.29, 1.82) is 0 Å². The van der Waals surface area contributed by atoms with Gasteiger partial charge >= 0.3 is 6.09 Å². The number of carbonyl (C=O) groups excluding carboxylic acids is 1. The van der Waals surface area contributed by atoms with Crippen molar-refractivity contribution < 1.29 is 18.7 Å². The molecule has 4 N–H and O–H groups in total. The standard InChI is InChI=1S/C18H20ClFN2O3/c1-10(18(2,3)25-17(22)23)13-8-11(5-7-16(13)21)24-12-4-6-15(20)14(19)9-12/h4-10H,21H2,1-3H3,(H2,22,23). The fourth-order valence-corrected chi connectivity index (χ4v) is 2.56. The summed E-state index contributed by atoms with van der Waals surface area (Å²) < 4.78 is 24.1. The molecule has 134 valence electrons. The molecule has 1 amide bonds. The second-order valence-electron chi connectivity index (χ2n) is 6.21. The van der Waals surface area contributed by atoms with E-state index in [-0.39, 0.29) is 10.9 Å². The zero-order valence-electron chi connectivity index (χ0n) is 14.2. The molecule has 0 radical (unpaired) electrons. The second kappa shape index (κ2) is 7.19. The van der Waals surface area contributed by atoms with Crippen molar-refractivity contribution in [3.63, 3.8) is 0 Å². The van der Waals surface area contributed by atoms with Gasteiger partial charge < -0.3 is 20.9 Å². The maximum absolute atomic E-state index is 13.2. The minimum absolute atomic E-state index is 0.0301. The first-order valence-electron chi connectivity index (χ1n) is 7.61. The van der Waals surface area contributed by atoms with E-state index in [0.717, 1.165) is 5.56 Å².